The molecule has 0 spiro atoms. The number of anilines is 1. The Bertz CT molecular complexity index is 549. The standard InChI is InChI=1S/C13H9ClF3NO/c14-12(19)10-6-7-18(8-11(10)13(15,16)17)9-4-2-1-3-5-9/h1-6,8H,7H2. The smallest absolute Gasteiger partial charge is 0.343 e. The van der Waals surface area contributed by atoms with Gasteiger partial charge in [-0.15, -0.1) is 0 Å². The van der Waals surface area contributed by atoms with Crippen LogP contribution in [0.5, 0.6) is 0 Å². The Morgan fingerprint density at radius 1 is 1.21 bits per heavy atom. The van der Waals surface area contributed by atoms with Gasteiger partial charge in [0.15, 0.2) is 0 Å². The topological polar surface area (TPSA) is 20.3 Å². The third kappa shape index (κ3) is 2.98. The van der Waals surface area contributed by atoms with E-state index < -0.39 is 22.6 Å². The molecule has 1 aromatic carbocycles. The number of benzene rings is 1. The van der Waals surface area contributed by atoms with Crippen LogP contribution in [0.2, 0.25) is 0 Å². The summed E-state index contributed by atoms with van der Waals surface area (Å²) in [5, 5.41) is -1.10. The first-order chi connectivity index (χ1) is 8.89. The molecule has 0 radical (unpaired) electrons. The van der Waals surface area contributed by atoms with E-state index in [-0.39, 0.29) is 6.54 Å². The molecule has 19 heavy (non-hydrogen) atoms. The van der Waals surface area contributed by atoms with Gasteiger partial charge >= 0.3 is 6.18 Å². The van der Waals surface area contributed by atoms with Gasteiger partial charge in [0.25, 0.3) is 5.24 Å². The van der Waals surface area contributed by atoms with Crippen molar-refractivity contribution in [3.8, 4) is 0 Å². The average Bonchev–Trinajstić information content (AvgIpc) is 2.38. The van der Waals surface area contributed by atoms with Crippen molar-refractivity contribution in [2.75, 3.05) is 11.4 Å². The van der Waals surface area contributed by atoms with Gasteiger partial charge in [-0.1, -0.05) is 24.3 Å². The number of carbonyl (C=O) groups is 1. The lowest BCUT2D eigenvalue weighted by molar-refractivity contribution is -0.111. The SMILES string of the molecule is O=C(Cl)C1=CCN(c2ccccc2)C=C1C(F)(F)F. The molecule has 0 amide bonds. The highest BCUT2D eigenvalue weighted by Gasteiger charge is 2.39. The number of alkyl halides is 3. The second-order valence-electron chi connectivity index (χ2n) is 3.92. The summed E-state index contributed by atoms with van der Waals surface area (Å²) in [6.45, 7) is 0.164. The zero-order valence-electron chi connectivity index (χ0n) is 9.62. The minimum Gasteiger partial charge on any atom is -0.343 e. The van der Waals surface area contributed by atoms with Gasteiger partial charge in [-0.05, 0) is 23.7 Å². The predicted octanol–water partition coefficient (Wildman–Crippen LogP) is 3.64. The normalized spacial score (nSPS) is 15.9. The Balaban J connectivity index is 2.40. The van der Waals surface area contributed by atoms with E-state index in [0.29, 0.717) is 5.69 Å². The number of nitrogens with zero attached hydrogens (tertiary/aromatic N) is 1. The van der Waals surface area contributed by atoms with Crippen molar-refractivity contribution < 1.29 is 18.0 Å². The van der Waals surface area contributed by atoms with Crippen molar-refractivity contribution in [1.29, 1.82) is 0 Å². The number of para-hydroxylation sites is 1. The molecule has 1 heterocycles. The Labute approximate surface area is 112 Å². The monoisotopic (exact) mass is 287 g/mol. The van der Waals surface area contributed by atoms with E-state index in [4.69, 9.17) is 11.6 Å². The molecule has 0 atom stereocenters. The molecule has 0 saturated carbocycles. The molecule has 0 aliphatic carbocycles. The van der Waals surface area contributed by atoms with Gasteiger partial charge in [-0.3, -0.25) is 4.79 Å². The second kappa shape index (κ2) is 5.09. The van der Waals surface area contributed by atoms with E-state index in [2.05, 4.69) is 0 Å². The van der Waals surface area contributed by atoms with Crippen LogP contribution in [-0.2, 0) is 4.79 Å². The molecule has 0 bridgehead atoms. The van der Waals surface area contributed by atoms with E-state index in [1.165, 1.54) is 11.0 Å². The summed E-state index contributed by atoms with van der Waals surface area (Å²) in [6, 6.07) is 8.59. The lowest BCUT2D eigenvalue weighted by Gasteiger charge is -2.26. The van der Waals surface area contributed by atoms with E-state index in [0.717, 1.165) is 6.20 Å². The fourth-order valence-corrected chi connectivity index (χ4v) is 1.97. The van der Waals surface area contributed by atoms with Crippen LogP contribution in [-0.4, -0.2) is 18.0 Å². The zero-order chi connectivity index (χ0) is 14.0. The van der Waals surface area contributed by atoms with E-state index in [9.17, 15) is 18.0 Å². The molecule has 1 aliphatic rings. The summed E-state index contributed by atoms with van der Waals surface area (Å²) in [5.74, 6) is 0. The summed E-state index contributed by atoms with van der Waals surface area (Å²) < 4.78 is 38.7. The first-order valence-corrected chi connectivity index (χ1v) is 5.78. The summed E-state index contributed by atoms with van der Waals surface area (Å²) in [7, 11) is 0. The Morgan fingerprint density at radius 2 is 1.84 bits per heavy atom. The summed E-state index contributed by atoms with van der Waals surface area (Å²) >= 11 is 5.18. The minimum atomic E-state index is -4.62. The number of allylic oxidation sites excluding steroid dienone is 2. The van der Waals surface area contributed by atoms with Crippen molar-refractivity contribution in [2.45, 2.75) is 6.18 Å². The Morgan fingerprint density at radius 3 is 2.37 bits per heavy atom. The molecule has 1 aromatic rings. The van der Waals surface area contributed by atoms with Crippen molar-refractivity contribution in [1.82, 2.24) is 0 Å². The summed E-state index contributed by atoms with van der Waals surface area (Å²) in [6.07, 6.45) is -2.53. The third-order valence-corrected chi connectivity index (χ3v) is 2.88. The van der Waals surface area contributed by atoms with Gasteiger partial charge in [0.05, 0.1) is 5.57 Å². The van der Waals surface area contributed by atoms with Crippen LogP contribution in [0.15, 0.2) is 53.8 Å². The largest absolute Gasteiger partial charge is 0.418 e. The van der Waals surface area contributed by atoms with Crippen LogP contribution < -0.4 is 4.90 Å². The van der Waals surface area contributed by atoms with Crippen molar-refractivity contribution >= 4 is 22.5 Å². The van der Waals surface area contributed by atoms with Crippen molar-refractivity contribution in [3.63, 3.8) is 0 Å². The molecule has 6 heteroatoms. The molecule has 0 saturated heterocycles. The molecule has 0 unspecified atom stereocenters. The van der Waals surface area contributed by atoms with Crippen LogP contribution in [0, 0.1) is 0 Å². The fraction of sp³-hybridized carbons (Fsp3) is 0.154. The molecule has 0 aromatic heterocycles. The molecule has 1 aliphatic heterocycles. The van der Waals surface area contributed by atoms with E-state index in [1.807, 2.05) is 0 Å². The third-order valence-electron chi connectivity index (χ3n) is 2.67. The number of carbonyl (C=O) groups excluding carboxylic acids is 1. The van der Waals surface area contributed by atoms with E-state index in [1.54, 1.807) is 30.3 Å². The number of hydrogen-bond acceptors (Lipinski definition) is 2. The number of hydrogen-bond donors (Lipinski definition) is 0. The summed E-state index contributed by atoms with van der Waals surface area (Å²) in [4.78, 5) is 12.4. The molecule has 100 valence electrons. The Hall–Kier alpha value is -1.75. The highest BCUT2D eigenvalue weighted by Crippen LogP contribution is 2.35. The number of rotatable bonds is 2. The maximum atomic E-state index is 12.9. The molecular formula is C13H9ClF3NO. The number of halogens is 4. The first-order valence-electron chi connectivity index (χ1n) is 5.40. The highest BCUT2D eigenvalue weighted by molar-refractivity contribution is 6.68. The molecule has 0 fully saturated rings. The van der Waals surface area contributed by atoms with Crippen molar-refractivity contribution in [3.05, 3.63) is 53.8 Å². The Kier molecular flexibility index (Phi) is 3.66. The predicted molar refractivity (Wildman–Crippen MR) is 66.9 cm³/mol. The van der Waals surface area contributed by atoms with Gasteiger partial charge in [0.1, 0.15) is 0 Å². The van der Waals surface area contributed by atoms with Gasteiger partial charge < -0.3 is 4.90 Å². The second-order valence-corrected chi connectivity index (χ2v) is 4.26. The van der Waals surface area contributed by atoms with Crippen LogP contribution in [0.25, 0.3) is 0 Å². The van der Waals surface area contributed by atoms with Crippen LogP contribution in [0.3, 0.4) is 0 Å². The lowest BCUT2D eigenvalue weighted by atomic mass is 10.0. The van der Waals surface area contributed by atoms with Gasteiger partial charge in [0.2, 0.25) is 0 Å². The van der Waals surface area contributed by atoms with E-state index >= 15 is 0 Å². The maximum Gasteiger partial charge on any atom is 0.418 e. The molecular weight excluding hydrogens is 279 g/mol. The van der Waals surface area contributed by atoms with Gasteiger partial charge in [0, 0.05) is 24.0 Å². The zero-order valence-corrected chi connectivity index (χ0v) is 10.4. The van der Waals surface area contributed by atoms with Crippen molar-refractivity contribution in [2.24, 2.45) is 0 Å². The quantitative estimate of drug-likeness (QED) is 0.774. The molecule has 2 rings (SSSR count). The van der Waals surface area contributed by atoms with Crippen LogP contribution in [0.4, 0.5) is 18.9 Å². The lowest BCUT2D eigenvalue weighted by Crippen LogP contribution is -2.28. The first kappa shape index (κ1) is 13.7. The van der Waals surface area contributed by atoms with Crippen LogP contribution >= 0.6 is 11.6 Å². The highest BCUT2D eigenvalue weighted by atomic mass is 35.5. The van der Waals surface area contributed by atoms with Gasteiger partial charge in [-0.25, -0.2) is 0 Å². The molecule has 2 nitrogen and oxygen atoms in total. The van der Waals surface area contributed by atoms with Gasteiger partial charge in [-0.2, -0.15) is 13.2 Å². The average molecular weight is 288 g/mol. The maximum absolute atomic E-state index is 12.9. The summed E-state index contributed by atoms with van der Waals surface area (Å²) in [5.41, 5.74) is -0.912. The minimum absolute atomic E-state index is 0.164. The fourth-order valence-electron chi connectivity index (χ4n) is 1.79. The van der Waals surface area contributed by atoms with Crippen LogP contribution in [0.1, 0.15) is 0 Å². The molecule has 0 N–H and O–H groups in total.